The highest BCUT2D eigenvalue weighted by atomic mass is 16.4. The molecule has 0 bridgehead atoms. The summed E-state index contributed by atoms with van der Waals surface area (Å²) >= 11 is 0. The van der Waals surface area contributed by atoms with Crippen LogP contribution in [0.5, 0.6) is 0 Å². The van der Waals surface area contributed by atoms with Crippen LogP contribution in [-0.4, -0.2) is 187 Å². The van der Waals surface area contributed by atoms with Gasteiger partial charge >= 0.3 is 65.8 Å². The minimum absolute atomic E-state index is 0.101. The molecular weight excluding hydrogens is 900 g/mol. The van der Waals surface area contributed by atoms with Crippen molar-refractivity contribution in [2.45, 2.75) is 95.5 Å². The van der Waals surface area contributed by atoms with E-state index in [1.165, 1.54) is 0 Å². The molecule has 0 fully saturated rings. The molecule has 366 valence electrons. The van der Waals surface area contributed by atoms with Gasteiger partial charge in [0.2, 0.25) is 5.91 Å². The lowest BCUT2D eigenvalue weighted by Crippen LogP contribution is -2.51. The molecule has 29 heteroatoms. The second kappa shape index (κ2) is 23.0. The van der Waals surface area contributed by atoms with Crippen LogP contribution in [-0.2, 0) is 74.1 Å². The van der Waals surface area contributed by atoms with Crippen LogP contribution in [0.15, 0.2) is 24.8 Å². The third kappa shape index (κ3) is 13.9. The maximum absolute atomic E-state index is 13.2. The van der Waals surface area contributed by atoms with Crippen LogP contribution in [0, 0.1) is 0 Å². The summed E-state index contributed by atoms with van der Waals surface area (Å²) in [4.78, 5) is 134. The van der Waals surface area contributed by atoms with E-state index in [4.69, 9.17) is 5.11 Å². The molecule has 0 saturated carbocycles. The van der Waals surface area contributed by atoms with E-state index in [2.05, 4.69) is 5.32 Å². The summed E-state index contributed by atoms with van der Waals surface area (Å²) in [5.74, 6) is -11.1. The lowest BCUT2D eigenvalue weighted by atomic mass is 10.1. The Morgan fingerprint density at radius 1 is 0.612 bits per heavy atom. The monoisotopic (exact) mass is 953 g/mol. The van der Waals surface area contributed by atoms with E-state index in [-0.39, 0.29) is 43.5 Å². The molecule has 11 N–H and O–H groups in total. The molecule has 0 saturated heterocycles. The average Bonchev–Trinajstić information content (AvgIpc) is 3.95. The summed E-state index contributed by atoms with van der Waals surface area (Å²) in [6, 6.07) is -6.09. The smallest absolute Gasteiger partial charge is 0.380 e. The van der Waals surface area contributed by atoms with Crippen molar-refractivity contribution in [2.75, 3.05) is 39.3 Å². The largest absolute Gasteiger partial charge is 0.481 e. The van der Waals surface area contributed by atoms with Gasteiger partial charge in [-0.3, -0.25) is 33.6 Å². The molecule has 29 nitrogen and oxygen atoms in total. The van der Waals surface area contributed by atoms with Gasteiger partial charge in [-0.2, -0.15) is 0 Å². The minimum Gasteiger partial charge on any atom is -0.481 e. The molecule has 2 aliphatic rings. The van der Waals surface area contributed by atoms with Crippen LogP contribution in [0.25, 0.3) is 0 Å². The maximum atomic E-state index is 13.2. The number of carboxylic acids is 7. The third-order valence-electron chi connectivity index (χ3n) is 11.1. The van der Waals surface area contributed by atoms with E-state index in [0.717, 1.165) is 4.90 Å². The molecule has 0 aliphatic carbocycles. The number of carboxylic acid groups (broad SMARTS) is 7. The number of carbonyl (C=O) groups excluding carboxylic acids is 4. The number of aliphatic carboxylic acids is 7. The van der Waals surface area contributed by atoms with Crippen LogP contribution in [0.2, 0.25) is 0 Å². The number of aliphatic hydroxyl groups excluding tert-OH is 1. The Morgan fingerprint density at radius 2 is 1.06 bits per heavy atom. The number of hydrogen-bond donors (Lipinski definition) is 11. The fourth-order valence-electron chi connectivity index (χ4n) is 8.06. The molecule has 67 heavy (non-hydrogen) atoms. The molecule has 0 aromatic carbocycles. The van der Waals surface area contributed by atoms with Crippen molar-refractivity contribution in [3.63, 3.8) is 0 Å². The lowest BCUT2D eigenvalue weighted by Gasteiger charge is -2.28. The summed E-state index contributed by atoms with van der Waals surface area (Å²) in [6.45, 7) is -2.95. The van der Waals surface area contributed by atoms with Crippen molar-refractivity contribution >= 4 is 65.5 Å². The fraction of sp³-hybridized carbons (Fsp3) is 0.553. The molecular formula is C38H53N10O19+3. The Labute approximate surface area is 378 Å². The highest BCUT2D eigenvalue weighted by molar-refractivity contribution is 5.88. The van der Waals surface area contributed by atoms with Crippen molar-refractivity contribution in [1.29, 1.82) is 0 Å². The predicted molar refractivity (Wildman–Crippen MR) is 213 cm³/mol. The summed E-state index contributed by atoms with van der Waals surface area (Å²) in [7, 11) is 0. The molecule has 2 aliphatic heterocycles. The van der Waals surface area contributed by atoms with E-state index < -0.39 is 148 Å². The quantitative estimate of drug-likeness (QED) is 0.0207. The van der Waals surface area contributed by atoms with E-state index >= 15 is 0 Å². The van der Waals surface area contributed by atoms with Crippen molar-refractivity contribution < 1.29 is 107 Å². The Bertz CT molecular complexity index is 2240. The van der Waals surface area contributed by atoms with Gasteiger partial charge in [-0.15, -0.1) is 9.13 Å². The second-order valence-electron chi connectivity index (χ2n) is 15.9. The second-order valence-corrected chi connectivity index (χ2v) is 15.9. The summed E-state index contributed by atoms with van der Waals surface area (Å²) in [5, 5.41) is 81.3. The average molecular weight is 954 g/mol. The van der Waals surface area contributed by atoms with Crippen molar-refractivity contribution in [3.8, 4) is 0 Å². The molecule has 0 radical (unpaired) electrons. The molecule has 4 heterocycles. The van der Waals surface area contributed by atoms with Crippen molar-refractivity contribution in [3.05, 3.63) is 36.4 Å². The van der Waals surface area contributed by atoms with Gasteiger partial charge in [-0.25, -0.2) is 32.8 Å². The van der Waals surface area contributed by atoms with Crippen LogP contribution < -0.4 is 25.1 Å². The first-order valence-corrected chi connectivity index (χ1v) is 20.7. The summed E-state index contributed by atoms with van der Waals surface area (Å²) in [6.07, 6.45) is 4.24. The zero-order chi connectivity index (χ0) is 49.7. The topological polar surface area (TPSA) is 410 Å². The van der Waals surface area contributed by atoms with Gasteiger partial charge < -0.3 is 66.6 Å². The molecule has 0 spiro atoms. The number of unbranched alkanes of at least 4 members (excludes halogenated alkanes) is 1. The van der Waals surface area contributed by atoms with Crippen LogP contribution in [0.1, 0.15) is 62.9 Å². The minimum atomic E-state index is -1.72. The Kier molecular flexibility index (Phi) is 17.8. The first-order valence-electron chi connectivity index (χ1n) is 20.7. The van der Waals surface area contributed by atoms with Gasteiger partial charge in [-0.05, 0) is 32.1 Å². The number of urea groups is 1. The van der Waals surface area contributed by atoms with Crippen molar-refractivity contribution in [1.82, 2.24) is 34.9 Å². The molecule has 4 rings (SSSR count). The lowest BCUT2D eigenvalue weighted by molar-refractivity contribution is -0.982. The SMILES string of the molecule is O=C(O)CCC(NC(=O)NC(CCC(=O)NC(CCCC[N+]12Cc3n(cc[n+]3CC(=O)N(CCO)CC(=O)O)C1n1cc[n+](CC(=O)N(CC(=O)O)CC(=O)O)c1C2)C(=O)O)C(=O)O)C(=O)O. The zero-order valence-electron chi connectivity index (χ0n) is 35.8. The van der Waals surface area contributed by atoms with E-state index in [1.54, 1.807) is 33.9 Å². The molecule has 2 aromatic heterocycles. The highest BCUT2D eigenvalue weighted by Crippen LogP contribution is 2.42. The Balaban J connectivity index is 1.47. The Morgan fingerprint density at radius 3 is 1.51 bits per heavy atom. The summed E-state index contributed by atoms with van der Waals surface area (Å²) < 4.78 is 7.12. The number of imidazole rings is 2. The standard InChI is InChI=1S/C38H50N10O19/c49-14-12-44(17-31(55)56)28(51)15-42-8-10-46-26(42)20-48(21-27-43(9-11-47(27)38(46)48)16-29(52)45(18-32(57)58)19-33(59)60)13-2-1-3-22(34(61)62)39-25(50)6-4-23(35(63)64)40-37(67)41-24(36(65)66)5-7-30(53)54/h8-11,22-24,38,49H,1-7,12-21H2,(H7-3,39,40,41,50,53,54,55,56,57,58,59,60,61,62,63,64,65,66,67)/p+3. The molecule has 5 atom stereocenters. The fourth-order valence-corrected chi connectivity index (χ4v) is 8.06. The number of carbonyl (C=O) groups is 11. The highest BCUT2D eigenvalue weighted by Gasteiger charge is 2.63. The number of aliphatic hydroxyl groups is 1. The number of amides is 5. The summed E-state index contributed by atoms with van der Waals surface area (Å²) in [5.41, 5.74) is 0. The van der Waals surface area contributed by atoms with Gasteiger partial charge in [0, 0.05) is 19.4 Å². The number of rotatable bonds is 29. The predicted octanol–water partition coefficient (Wildman–Crippen LogP) is -4.79. The number of nitrogens with zero attached hydrogens (tertiary/aromatic N) is 7. The third-order valence-corrected chi connectivity index (χ3v) is 11.1. The van der Waals surface area contributed by atoms with Gasteiger partial charge in [0.15, 0.2) is 26.2 Å². The number of fused-ring (bicyclic) bond motifs is 5. The first-order chi connectivity index (χ1) is 31.5. The maximum Gasteiger partial charge on any atom is 0.380 e. The number of hydrogen-bond acceptors (Lipinski definition) is 12. The van der Waals surface area contributed by atoms with Crippen molar-refractivity contribution in [2.24, 2.45) is 0 Å². The van der Waals surface area contributed by atoms with Gasteiger partial charge in [0.05, 0.1) is 13.2 Å². The van der Waals surface area contributed by atoms with Crippen LogP contribution in [0.4, 0.5) is 4.79 Å². The zero-order valence-corrected chi connectivity index (χ0v) is 35.8. The van der Waals surface area contributed by atoms with Gasteiger partial charge in [0.25, 0.3) is 11.8 Å². The number of aromatic nitrogens is 4. The normalized spacial score (nSPS) is 16.8. The first kappa shape index (κ1) is 51.9. The number of nitrogens with one attached hydrogen (secondary N) is 3. The van der Waals surface area contributed by atoms with E-state index in [1.807, 2.05) is 19.8 Å². The van der Waals surface area contributed by atoms with E-state index in [0.29, 0.717) is 29.5 Å². The van der Waals surface area contributed by atoms with Crippen LogP contribution in [0.3, 0.4) is 0 Å². The van der Waals surface area contributed by atoms with E-state index in [9.17, 15) is 88.5 Å². The van der Waals surface area contributed by atoms with Gasteiger partial charge in [-0.1, -0.05) is 0 Å². The van der Waals surface area contributed by atoms with Crippen LogP contribution >= 0.6 is 0 Å². The molecule has 5 amide bonds. The Hall–Kier alpha value is -7.69. The molecule has 2 aromatic rings. The van der Waals surface area contributed by atoms with Gasteiger partial charge in [0.1, 0.15) is 62.5 Å². The number of quaternary nitrogens is 1. The molecule has 5 unspecified atom stereocenters.